The minimum atomic E-state index is -0.759. The van der Waals surface area contributed by atoms with E-state index in [0.29, 0.717) is 11.5 Å². The van der Waals surface area contributed by atoms with Crippen molar-refractivity contribution in [3.63, 3.8) is 0 Å². The normalized spacial score (nSPS) is 13.4. The summed E-state index contributed by atoms with van der Waals surface area (Å²) in [6.45, 7) is 5.90. The number of hydrogen-bond acceptors (Lipinski definition) is 0. The first-order chi connectivity index (χ1) is 6.04. The van der Waals surface area contributed by atoms with Crippen molar-refractivity contribution in [1.82, 2.24) is 0 Å². The first-order valence-electron chi connectivity index (χ1n) is 4.48. The largest absolute Gasteiger partial charge is 0.204 e. The summed E-state index contributed by atoms with van der Waals surface area (Å²) in [4.78, 5) is 0. The second-order valence-corrected chi connectivity index (χ2v) is 3.68. The topological polar surface area (TPSA) is 0 Å². The number of benzene rings is 1. The lowest BCUT2D eigenvalue weighted by Crippen LogP contribution is -2.05. The quantitative estimate of drug-likeness (QED) is 0.657. The lowest BCUT2D eigenvalue weighted by molar-refractivity contribution is 0.462. The maximum Gasteiger partial charge on any atom is 0.162 e. The van der Waals surface area contributed by atoms with E-state index in [2.05, 4.69) is 0 Å². The molecule has 0 aliphatic heterocycles. The molecular weight excluding hydrogens is 170 g/mol. The van der Waals surface area contributed by atoms with Gasteiger partial charge in [-0.3, -0.25) is 0 Å². The maximum atomic E-state index is 13.2. The monoisotopic (exact) mass is 184 g/mol. The molecule has 13 heavy (non-hydrogen) atoms. The molecule has 0 aromatic heterocycles. The van der Waals surface area contributed by atoms with E-state index in [9.17, 15) is 8.78 Å². The lowest BCUT2D eigenvalue weighted by atomic mass is 9.90. The summed E-state index contributed by atoms with van der Waals surface area (Å²) in [5, 5.41) is 0. The van der Waals surface area contributed by atoms with Crippen molar-refractivity contribution in [3.8, 4) is 0 Å². The highest BCUT2D eigenvalue weighted by Gasteiger charge is 2.16. The number of hydrogen-bond donors (Lipinski definition) is 0. The van der Waals surface area contributed by atoms with Crippen LogP contribution < -0.4 is 0 Å². The van der Waals surface area contributed by atoms with Gasteiger partial charge in [0.1, 0.15) is 0 Å². The molecule has 0 saturated heterocycles. The van der Waals surface area contributed by atoms with Crippen molar-refractivity contribution in [2.45, 2.75) is 26.7 Å². The number of halogens is 2. The summed E-state index contributed by atoms with van der Waals surface area (Å²) in [5.74, 6) is -1.10. The SMILES string of the molecule is CC(C)C(C)c1cccc(F)c1F. The second-order valence-electron chi connectivity index (χ2n) is 3.68. The van der Waals surface area contributed by atoms with E-state index in [1.54, 1.807) is 12.1 Å². The molecule has 0 aliphatic carbocycles. The molecule has 0 bridgehead atoms. The maximum absolute atomic E-state index is 13.2. The van der Waals surface area contributed by atoms with Gasteiger partial charge in [0.25, 0.3) is 0 Å². The van der Waals surface area contributed by atoms with Crippen LogP contribution >= 0.6 is 0 Å². The van der Waals surface area contributed by atoms with E-state index in [1.807, 2.05) is 20.8 Å². The van der Waals surface area contributed by atoms with E-state index in [0.717, 1.165) is 6.07 Å². The zero-order valence-corrected chi connectivity index (χ0v) is 8.14. The molecule has 0 radical (unpaired) electrons. The summed E-state index contributed by atoms with van der Waals surface area (Å²) >= 11 is 0. The Morgan fingerprint density at radius 1 is 1.08 bits per heavy atom. The van der Waals surface area contributed by atoms with E-state index in [-0.39, 0.29) is 5.92 Å². The summed E-state index contributed by atoms with van der Waals surface area (Å²) in [6.07, 6.45) is 0. The fourth-order valence-electron chi connectivity index (χ4n) is 1.23. The molecule has 0 heterocycles. The minimum absolute atomic E-state index is 0.0516. The van der Waals surface area contributed by atoms with Crippen LogP contribution in [0.3, 0.4) is 0 Å². The van der Waals surface area contributed by atoms with Crippen molar-refractivity contribution in [1.29, 1.82) is 0 Å². The Morgan fingerprint density at radius 3 is 2.23 bits per heavy atom. The lowest BCUT2D eigenvalue weighted by Gasteiger charge is -2.16. The predicted molar refractivity (Wildman–Crippen MR) is 49.6 cm³/mol. The second kappa shape index (κ2) is 3.86. The Morgan fingerprint density at radius 2 is 1.69 bits per heavy atom. The van der Waals surface area contributed by atoms with Crippen LogP contribution in [0.1, 0.15) is 32.3 Å². The Bertz CT molecular complexity index is 292. The number of rotatable bonds is 2. The molecule has 0 nitrogen and oxygen atoms in total. The Hall–Kier alpha value is -0.920. The van der Waals surface area contributed by atoms with Gasteiger partial charge in [-0.1, -0.05) is 32.9 Å². The van der Waals surface area contributed by atoms with Gasteiger partial charge in [0, 0.05) is 0 Å². The van der Waals surface area contributed by atoms with Crippen LogP contribution in [0.5, 0.6) is 0 Å². The zero-order chi connectivity index (χ0) is 10.0. The van der Waals surface area contributed by atoms with Crippen LogP contribution in [0.15, 0.2) is 18.2 Å². The van der Waals surface area contributed by atoms with Crippen molar-refractivity contribution in [3.05, 3.63) is 35.4 Å². The molecule has 1 rings (SSSR count). The molecular formula is C11H14F2. The molecule has 0 amide bonds. The van der Waals surface area contributed by atoms with Crippen LogP contribution in [0, 0.1) is 17.6 Å². The van der Waals surface area contributed by atoms with Crippen molar-refractivity contribution in [2.75, 3.05) is 0 Å². The fourth-order valence-corrected chi connectivity index (χ4v) is 1.23. The molecule has 2 heteroatoms. The van der Waals surface area contributed by atoms with Gasteiger partial charge >= 0.3 is 0 Å². The van der Waals surface area contributed by atoms with Crippen LogP contribution in [-0.4, -0.2) is 0 Å². The van der Waals surface area contributed by atoms with Crippen LogP contribution in [0.2, 0.25) is 0 Å². The predicted octanol–water partition coefficient (Wildman–Crippen LogP) is 3.72. The van der Waals surface area contributed by atoms with E-state index in [4.69, 9.17) is 0 Å². The third-order valence-corrected chi connectivity index (χ3v) is 2.47. The Kier molecular flexibility index (Phi) is 3.02. The minimum Gasteiger partial charge on any atom is -0.204 e. The highest BCUT2D eigenvalue weighted by Crippen LogP contribution is 2.26. The van der Waals surface area contributed by atoms with Gasteiger partial charge in [-0.05, 0) is 23.5 Å². The standard InChI is InChI=1S/C11H14F2/c1-7(2)8(3)9-5-4-6-10(12)11(9)13/h4-8H,1-3H3. The van der Waals surface area contributed by atoms with Gasteiger partial charge < -0.3 is 0 Å². The molecule has 0 aliphatic rings. The van der Waals surface area contributed by atoms with Gasteiger partial charge in [-0.2, -0.15) is 0 Å². The summed E-state index contributed by atoms with van der Waals surface area (Å²) in [6, 6.07) is 4.33. The van der Waals surface area contributed by atoms with E-state index < -0.39 is 11.6 Å². The molecule has 1 atom stereocenters. The van der Waals surface area contributed by atoms with Crippen molar-refractivity contribution < 1.29 is 8.78 Å². The zero-order valence-electron chi connectivity index (χ0n) is 8.14. The average molecular weight is 184 g/mol. The average Bonchev–Trinajstić information content (AvgIpc) is 2.08. The fraction of sp³-hybridized carbons (Fsp3) is 0.455. The Labute approximate surface area is 77.6 Å². The van der Waals surface area contributed by atoms with Crippen molar-refractivity contribution >= 4 is 0 Å². The van der Waals surface area contributed by atoms with Gasteiger partial charge in [0.05, 0.1) is 0 Å². The summed E-state index contributed by atoms with van der Waals surface area (Å²) in [7, 11) is 0. The van der Waals surface area contributed by atoms with Gasteiger partial charge in [-0.15, -0.1) is 0 Å². The smallest absolute Gasteiger partial charge is 0.162 e. The highest BCUT2D eigenvalue weighted by atomic mass is 19.2. The first kappa shape index (κ1) is 10.2. The molecule has 1 aromatic rings. The third-order valence-electron chi connectivity index (χ3n) is 2.47. The third kappa shape index (κ3) is 2.06. The van der Waals surface area contributed by atoms with E-state index in [1.165, 1.54) is 0 Å². The van der Waals surface area contributed by atoms with Crippen molar-refractivity contribution in [2.24, 2.45) is 5.92 Å². The van der Waals surface area contributed by atoms with Gasteiger partial charge in [0.2, 0.25) is 0 Å². The molecule has 0 N–H and O–H groups in total. The van der Waals surface area contributed by atoms with E-state index >= 15 is 0 Å². The van der Waals surface area contributed by atoms with Crippen LogP contribution in [0.25, 0.3) is 0 Å². The van der Waals surface area contributed by atoms with Gasteiger partial charge in [-0.25, -0.2) is 8.78 Å². The molecule has 0 spiro atoms. The molecule has 0 saturated carbocycles. The molecule has 1 unspecified atom stereocenters. The summed E-state index contributed by atoms with van der Waals surface area (Å²) in [5.41, 5.74) is 0.468. The Balaban J connectivity index is 3.07. The molecule has 72 valence electrons. The highest BCUT2D eigenvalue weighted by molar-refractivity contribution is 5.22. The molecule has 1 aromatic carbocycles. The first-order valence-corrected chi connectivity index (χ1v) is 4.48. The molecule has 0 fully saturated rings. The van der Waals surface area contributed by atoms with Gasteiger partial charge in [0.15, 0.2) is 11.6 Å². The van der Waals surface area contributed by atoms with Crippen LogP contribution in [-0.2, 0) is 0 Å². The summed E-state index contributed by atoms with van der Waals surface area (Å²) < 4.78 is 26.1. The van der Waals surface area contributed by atoms with Crippen LogP contribution in [0.4, 0.5) is 8.78 Å².